The van der Waals surface area contributed by atoms with Crippen molar-refractivity contribution in [1.29, 1.82) is 0 Å². The number of hydrogen-bond acceptors (Lipinski definition) is 4. The number of unbranched alkanes of at least 4 members (excludes halogenated alkanes) is 6. The van der Waals surface area contributed by atoms with E-state index in [4.69, 9.17) is 4.84 Å². The Balaban J connectivity index is 3.58. The van der Waals surface area contributed by atoms with Crippen LogP contribution in [0.25, 0.3) is 0 Å². The summed E-state index contributed by atoms with van der Waals surface area (Å²) in [5.41, 5.74) is 0. The van der Waals surface area contributed by atoms with Crippen molar-refractivity contribution in [2.75, 3.05) is 33.7 Å². The van der Waals surface area contributed by atoms with Gasteiger partial charge in [0, 0.05) is 19.5 Å². The topological polar surface area (TPSA) is 32.8 Å². The summed E-state index contributed by atoms with van der Waals surface area (Å²) in [5.74, 6) is -0.0957. The average molecular weight is 300 g/mol. The minimum atomic E-state index is -0.0957. The molecular weight excluding hydrogens is 264 g/mol. The average Bonchev–Trinajstić information content (AvgIpc) is 2.44. The fourth-order valence-electron chi connectivity index (χ4n) is 2.24. The predicted octanol–water partition coefficient (Wildman–Crippen LogP) is 3.86. The lowest BCUT2D eigenvalue weighted by Crippen LogP contribution is -2.28. The third-order valence-electron chi connectivity index (χ3n) is 3.58. The van der Waals surface area contributed by atoms with Gasteiger partial charge in [0.15, 0.2) is 0 Å². The zero-order valence-electron chi connectivity index (χ0n) is 14.7. The molecule has 4 heteroatoms. The van der Waals surface area contributed by atoms with Crippen molar-refractivity contribution >= 4 is 5.97 Å². The van der Waals surface area contributed by atoms with Crippen LogP contribution in [0.4, 0.5) is 0 Å². The van der Waals surface area contributed by atoms with Gasteiger partial charge in [-0.1, -0.05) is 45.4 Å². The summed E-state index contributed by atoms with van der Waals surface area (Å²) in [6.07, 6.45) is 10.4. The van der Waals surface area contributed by atoms with Gasteiger partial charge in [-0.05, 0) is 40.4 Å². The highest BCUT2D eigenvalue weighted by atomic mass is 16.7. The summed E-state index contributed by atoms with van der Waals surface area (Å²) < 4.78 is 0. The van der Waals surface area contributed by atoms with Gasteiger partial charge in [0.1, 0.15) is 0 Å². The first kappa shape index (κ1) is 20.4. The Morgan fingerprint density at radius 1 is 0.857 bits per heavy atom. The minimum absolute atomic E-state index is 0.0957. The molecule has 0 aromatic heterocycles. The Bertz CT molecular complexity index is 245. The van der Waals surface area contributed by atoms with Gasteiger partial charge in [0.25, 0.3) is 0 Å². The molecule has 21 heavy (non-hydrogen) atoms. The van der Waals surface area contributed by atoms with E-state index in [1.54, 1.807) is 0 Å². The zero-order chi connectivity index (χ0) is 15.9. The number of carbonyl (C=O) groups excluding carboxylic acids is 1. The van der Waals surface area contributed by atoms with Gasteiger partial charge in [-0.3, -0.25) is 4.79 Å². The quantitative estimate of drug-likeness (QED) is 0.360. The normalized spacial score (nSPS) is 11.3. The van der Waals surface area contributed by atoms with Crippen molar-refractivity contribution in [2.24, 2.45) is 0 Å². The van der Waals surface area contributed by atoms with E-state index in [2.05, 4.69) is 11.8 Å². The number of rotatable bonds is 14. The van der Waals surface area contributed by atoms with E-state index in [1.165, 1.54) is 38.5 Å². The first-order valence-electron chi connectivity index (χ1n) is 8.70. The van der Waals surface area contributed by atoms with Crippen LogP contribution in [0.5, 0.6) is 0 Å². The van der Waals surface area contributed by atoms with Crippen LogP contribution < -0.4 is 0 Å². The SMILES string of the molecule is CCCCCCCCCN(CC)OC(=O)CCCN(C)C. The predicted molar refractivity (Wildman–Crippen MR) is 89.1 cm³/mol. The maximum atomic E-state index is 11.7. The van der Waals surface area contributed by atoms with Gasteiger partial charge in [0.05, 0.1) is 0 Å². The molecule has 4 nitrogen and oxygen atoms in total. The second kappa shape index (κ2) is 14.3. The van der Waals surface area contributed by atoms with E-state index in [-0.39, 0.29) is 5.97 Å². The molecule has 0 heterocycles. The van der Waals surface area contributed by atoms with Gasteiger partial charge in [-0.2, -0.15) is 0 Å². The van der Waals surface area contributed by atoms with Gasteiger partial charge in [0.2, 0.25) is 0 Å². The van der Waals surface area contributed by atoms with E-state index in [1.807, 2.05) is 26.1 Å². The molecule has 0 saturated carbocycles. The minimum Gasteiger partial charge on any atom is -0.368 e. The molecule has 0 aromatic rings. The van der Waals surface area contributed by atoms with E-state index in [0.29, 0.717) is 6.42 Å². The summed E-state index contributed by atoms with van der Waals surface area (Å²) in [4.78, 5) is 19.2. The van der Waals surface area contributed by atoms with E-state index >= 15 is 0 Å². The Labute approximate surface area is 131 Å². The van der Waals surface area contributed by atoms with Crippen molar-refractivity contribution in [3.8, 4) is 0 Å². The van der Waals surface area contributed by atoms with Crippen LogP contribution in [0.2, 0.25) is 0 Å². The van der Waals surface area contributed by atoms with E-state index < -0.39 is 0 Å². The molecule has 126 valence electrons. The zero-order valence-corrected chi connectivity index (χ0v) is 14.7. The van der Waals surface area contributed by atoms with Crippen molar-refractivity contribution < 1.29 is 9.63 Å². The molecule has 0 fully saturated rings. The lowest BCUT2D eigenvalue weighted by Gasteiger charge is -2.19. The van der Waals surface area contributed by atoms with Crippen molar-refractivity contribution in [2.45, 2.75) is 71.6 Å². The molecule has 0 saturated heterocycles. The number of carbonyl (C=O) groups is 1. The van der Waals surface area contributed by atoms with Crippen LogP contribution >= 0.6 is 0 Å². The van der Waals surface area contributed by atoms with Gasteiger partial charge < -0.3 is 9.74 Å². The van der Waals surface area contributed by atoms with Crippen molar-refractivity contribution in [3.63, 3.8) is 0 Å². The highest BCUT2D eigenvalue weighted by Crippen LogP contribution is 2.08. The molecule has 0 atom stereocenters. The van der Waals surface area contributed by atoms with Gasteiger partial charge >= 0.3 is 5.97 Å². The summed E-state index contributed by atoms with van der Waals surface area (Å²) in [5, 5.41) is 1.81. The van der Waals surface area contributed by atoms with Crippen molar-refractivity contribution in [3.05, 3.63) is 0 Å². The second-order valence-electron chi connectivity index (χ2n) is 6.01. The molecule has 0 aliphatic rings. The van der Waals surface area contributed by atoms with Crippen LogP contribution in [0, 0.1) is 0 Å². The van der Waals surface area contributed by atoms with E-state index in [9.17, 15) is 4.79 Å². The lowest BCUT2D eigenvalue weighted by molar-refractivity contribution is -0.190. The Hall–Kier alpha value is -0.610. The Morgan fingerprint density at radius 3 is 2.05 bits per heavy atom. The van der Waals surface area contributed by atoms with Crippen LogP contribution in [0.15, 0.2) is 0 Å². The third-order valence-corrected chi connectivity index (χ3v) is 3.58. The second-order valence-corrected chi connectivity index (χ2v) is 6.01. The molecule has 0 N–H and O–H groups in total. The van der Waals surface area contributed by atoms with E-state index in [0.717, 1.165) is 32.5 Å². The number of hydrogen-bond donors (Lipinski definition) is 0. The van der Waals surface area contributed by atoms with Crippen LogP contribution in [-0.2, 0) is 9.63 Å². The third kappa shape index (κ3) is 14.1. The molecule has 0 aliphatic heterocycles. The maximum absolute atomic E-state index is 11.7. The molecule has 0 unspecified atom stereocenters. The van der Waals surface area contributed by atoms with Crippen LogP contribution in [0.1, 0.15) is 71.6 Å². The first-order valence-corrected chi connectivity index (χ1v) is 8.70. The molecule has 0 rings (SSSR count). The highest BCUT2D eigenvalue weighted by Gasteiger charge is 2.09. The summed E-state index contributed by atoms with van der Waals surface area (Å²) in [7, 11) is 4.04. The van der Waals surface area contributed by atoms with Gasteiger partial charge in [-0.15, -0.1) is 5.06 Å². The standard InChI is InChI=1S/C17H36N2O2/c1-5-7-8-9-10-11-12-16-19(6-2)21-17(20)14-13-15-18(3)4/h5-16H2,1-4H3. The van der Waals surface area contributed by atoms with Crippen LogP contribution in [0.3, 0.4) is 0 Å². The maximum Gasteiger partial charge on any atom is 0.325 e. The largest absolute Gasteiger partial charge is 0.368 e. The highest BCUT2D eigenvalue weighted by molar-refractivity contribution is 5.68. The first-order chi connectivity index (χ1) is 10.1. The monoisotopic (exact) mass is 300 g/mol. The molecule has 0 bridgehead atoms. The molecular formula is C17H36N2O2. The molecule has 0 amide bonds. The smallest absolute Gasteiger partial charge is 0.325 e. The lowest BCUT2D eigenvalue weighted by atomic mass is 10.1. The van der Waals surface area contributed by atoms with Crippen LogP contribution in [-0.4, -0.2) is 49.7 Å². The Morgan fingerprint density at radius 2 is 1.48 bits per heavy atom. The Kier molecular flexibility index (Phi) is 13.9. The molecule has 0 aliphatic carbocycles. The number of hydroxylamine groups is 2. The van der Waals surface area contributed by atoms with Crippen molar-refractivity contribution in [1.82, 2.24) is 9.96 Å². The molecule has 0 radical (unpaired) electrons. The van der Waals surface area contributed by atoms with Gasteiger partial charge in [-0.25, -0.2) is 0 Å². The summed E-state index contributed by atoms with van der Waals surface area (Å²) >= 11 is 0. The molecule has 0 aromatic carbocycles. The fourth-order valence-corrected chi connectivity index (χ4v) is 2.24. The number of nitrogens with zero attached hydrogens (tertiary/aromatic N) is 2. The summed E-state index contributed by atoms with van der Waals surface area (Å²) in [6.45, 7) is 6.85. The summed E-state index contributed by atoms with van der Waals surface area (Å²) in [6, 6.07) is 0. The molecule has 0 spiro atoms. The fraction of sp³-hybridized carbons (Fsp3) is 0.941.